The maximum atomic E-state index is 15.1. The fourth-order valence-electron chi connectivity index (χ4n) is 7.10. The van der Waals surface area contributed by atoms with Gasteiger partial charge in [-0.2, -0.15) is 0 Å². The summed E-state index contributed by atoms with van der Waals surface area (Å²) in [5.41, 5.74) is 2.65. The minimum absolute atomic E-state index is 0.196. The van der Waals surface area contributed by atoms with Gasteiger partial charge in [0, 0.05) is 17.5 Å². The molecular formula is C45H48F2O8. The van der Waals surface area contributed by atoms with E-state index in [4.69, 9.17) is 28.4 Å². The van der Waals surface area contributed by atoms with Crippen LogP contribution in [0.2, 0.25) is 0 Å². The summed E-state index contributed by atoms with van der Waals surface area (Å²) in [6.45, 7) is 11.0. The number of benzene rings is 4. The van der Waals surface area contributed by atoms with E-state index >= 15 is 8.78 Å². The van der Waals surface area contributed by atoms with Gasteiger partial charge >= 0.3 is 11.9 Å². The average molecular weight is 755 g/mol. The number of rotatable bonds is 18. The van der Waals surface area contributed by atoms with Crippen molar-refractivity contribution in [1.29, 1.82) is 0 Å². The maximum absolute atomic E-state index is 15.1. The van der Waals surface area contributed by atoms with E-state index in [2.05, 4.69) is 13.8 Å². The lowest BCUT2D eigenvalue weighted by Crippen LogP contribution is -2.17. The Morgan fingerprint density at radius 1 is 0.636 bits per heavy atom. The molecule has 8 nitrogen and oxygen atoms in total. The molecule has 0 amide bonds. The molecule has 2 heterocycles. The van der Waals surface area contributed by atoms with Crippen molar-refractivity contribution >= 4 is 11.9 Å². The van der Waals surface area contributed by atoms with Crippen molar-refractivity contribution in [2.75, 3.05) is 26.4 Å². The summed E-state index contributed by atoms with van der Waals surface area (Å²) in [6, 6.07) is 18.9. The summed E-state index contributed by atoms with van der Waals surface area (Å²) in [6.07, 6.45) is 6.70. The number of ether oxygens (including phenoxy) is 6. The van der Waals surface area contributed by atoms with E-state index < -0.39 is 29.0 Å². The zero-order valence-corrected chi connectivity index (χ0v) is 31.8. The molecule has 0 spiro atoms. The number of carbonyl (C=O) groups excluding carboxylic acids is 2. The minimum atomic E-state index is -0.820. The zero-order valence-electron chi connectivity index (χ0n) is 31.8. The summed E-state index contributed by atoms with van der Waals surface area (Å²) in [7, 11) is 0. The Morgan fingerprint density at radius 2 is 1.04 bits per heavy atom. The van der Waals surface area contributed by atoms with E-state index in [0.717, 1.165) is 74.0 Å². The highest BCUT2D eigenvalue weighted by Gasteiger charge is 2.36. The Morgan fingerprint density at radius 3 is 1.42 bits per heavy atom. The third-order valence-corrected chi connectivity index (χ3v) is 10.9. The van der Waals surface area contributed by atoms with Gasteiger partial charge in [0.25, 0.3) is 0 Å². The number of hydrogen-bond acceptors (Lipinski definition) is 8. The largest absolute Gasteiger partial charge is 0.493 e. The zero-order chi connectivity index (χ0) is 38.7. The van der Waals surface area contributed by atoms with Crippen LogP contribution in [0.5, 0.6) is 23.0 Å². The Kier molecular flexibility index (Phi) is 11.6. The second-order valence-electron chi connectivity index (χ2n) is 15.7. The van der Waals surface area contributed by atoms with E-state index in [1.54, 1.807) is 36.4 Å². The van der Waals surface area contributed by atoms with Crippen molar-refractivity contribution in [3.8, 4) is 34.1 Å². The van der Waals surface area contributed by atoms with Crippen molar-refractivity contribution in [3.05, 3.63) is 107 Å². The molecule has 2 fully saturated rings. The summed E-state index contributed by atoms with van der Waals surface area (Å²) in [5, 5.41) is 0. The first-order valence-corrected chi connectivity index (χ1v) is 19.3. The minimum Gasteiger partial charge on any atom is -0.493 e. The smallest absolute Gasteiger partial charge is 0.346 e. The van der Waals surface area contributed by atoms with Crippen LogP contribution in [0.1, 0.15) is 98.1 Å². The fourth-order valence-corrected chi connectivity index (χ4v) is 7.10. The van der Waals surface area contributed by atoms with Crippen LogP contribution in [-0.2, 0) is 14.9 Å². The van der Waals surface area contributed by atoms with Crippen LogP contribution in [0.25, 0.3) is 11.1 Å². The third-order valence-electron chi connectivity index (χ3n) is 10.9. The molecule has 4 aromatic carbocycles. The van der Waals surface area contributed by atoms with Gasteiger partial charge in [-0.15, -0.1) is 0 Å². The highest BCUT2D eigenvalue weighted by Crippen LogP contribution is 2.50. The summed E-state index contributed by atoms with van der Waals surface area (Å²) in [5.74, 6) is -0.911. The topological polar surface area (TPSA) is 96.1 Å². The van der Waals surface area contributed by atoms with Crippen LogP contribution in [0.15, 0.2) is 72.8 Å². The van der Waals surface area contributed by atoms with Crippen LogP contribution in [0.4, 0.5) is 8.78 Å². The molecule has 10 heteroatoms. The van der Waals surface area contributed by atoms with Gasteiger partial charge in [0.05, 0.1) is 49.8 Å². The SMILES string of the molecule is CC(CCOc1ccc(C(=O)Oc2ccc3c(c2)C(C)(C)c2cc(OC(=O)c4ccc(OCCC(C)CCC5CO5)cc4F)ccc2-3)c(F)c1)CCC1CO1. The number of hydrogen-bond donors (Lipinski definition) is 0. The van der Waals surface area contributed by atoms with Crippen molar-refractivity contribution in [1.82, 2.24) is 0 Å². The van der Waals surface area contributed by atoms with Gasteiger partial charge in [-0.25, -0.2) is 18.4 Å². The van der Waals surface area contributed by atoms with Crippen LogP contribution < -0.4 is 18.9 Å². The van der Waals surface area contributed by atoms with Crippen molar-refractivity contribution < 1.29 is 46.8 Å². The fraction of sp³-hybridized carbons (Fsp3) is 0.422. The van der Waals surface area contributed by atoms with E-state index in [-0.39, 0.29) is 22.6 Å². The molecule has 0 N–H and O–H groups in total. The molecule has 4 aromatic rings. The predicted molar refractivity (Wildman–Crippen MR) is 203 cm³/mol. The van der Waals surface area contributed by atoms with Crippen molar-refractivity contribution in [3.63, 3.8) is 0 Å². The molecule has 0 bridgehead atoms. The molecule has 55 heavy (non-hydrogen) atoms. The number of epoxide rings is 2. The van der Waals surface area contributed by atoms with E-state index in [0.29, 0.717) is 48.8 Å². The van der Waals surface area contributed by atoms with Crippen LogP contribution >= 0.6 is 0 Å². The normalized spacial score (nSPS) is 18.4. The average Bonchev–Trinajstić information content (AvgIpc) is 4.09. The molecule has 290 valence electrons. The van der Waals surface area contributed by atoms with Gasteiger partial charge in [-0.1, -0.05) is 39.8 Å². The van der Waals surface area contributed by atoms with E-state index in [1.165, 1.54) is 24.3 Å². The van der Waals surface area contributed by atoms with Crippen LogP contribution in [0.3, 0.4) is 0 Å². The lowest BCUT2D eigenvalue weighted by atomic mass is 9.82. The molecular weight excluding hydrogens is 706 g/mol. The Labute approximate surface area is 321 Å². The van der Waals surface area contributed by atoms with E-state index in [9.17, 15) is 9.59 Å². The van der Waals surface area contributed by atoms with Crippen molar-refractivity contribution in [2.45, 2.75) is 83.8 Å². The molecule has 2 saturated heterocycles. The van der Waals surface area contributed by atoms with Crippen molar-refractivity contribution in [2.24, 2.45) is 11.8 Å². The first-order valence-electron chi connectivity index (χ1n) is 19.3. The molecule has 1 aliphatic carbocycles. The van der Waals surface area contributed by atoms with Gasteiger partial charge in [-0.3, -0.25) is 0 Å². The second-order valence-corrected chi connectivity index (χ2v) is 15.7. The van der Waals surface area contributed by atoms with Gasteiger partial charge < -0.3 is 28.4 Å². The molecule has 2 aliphatic heterocycles. The molecule has 4 unspecified atom stereocenters. The molecule has 3 aliphatic rings. The Hall–Kier alpha value is -4.80. The third kappa shape index (κ3) is 9.54. The molecule has 0 aromatic heterocycles. The van der Waals surface area contributed by atoms with Gasteiger partial charge in [0.2, 0.25) is 0 Å². The predicted octanol–water partition coefficient (Wildman–Crippen LogP) is 9.88. The van der Waals surface area contributed by atoms with Crippen LogP contribution in [-0.4, -0.2) is 50.6 Å². The van der Waals surface area contributed by atoms with Crippen LogP contribution in [0, 0.1) is 23.5 Å². The molecule has 7 rings (SSSR count). The number of fused-ring (bicyclic) bond motifs is 3. The Bertz CT molecular complexity index is 1890. The van der Waals surface area contributed by atoms with Gasteiger partial charge in [0.15, 0.2) is 0 Å². The molecule has 4 atom stereocenters. The molecule has 0 radical (unpaired) electrons. The van der Waals surface area contributed by atoms with Gasteiger partial charge in [-0.05, 0) is 121 Å². The lowest BCUT2D eigenvalue weighted by molar-refractivity contribution is 0.0719. The second kappa shape index (κ2) is 16.5. The monoisotopic (exact) mass is 754 g/mol. The number of carbonyl (C=O) groups is 2. The lowest BCUT2D eigenvalue weighted by Gasteiger charge is -2.22. The number of halogens is 2. The first kappa shape index (κ1) is 38.5. The highest BCUT2D eigenvalue weighted by atomic mass is 19.1. The summed E-state index contributed by atoms with van der Waals surface area (Å²) in [4.78, 5) is 26.2. The first-order chi connectivity index (χ1) is 26.4. The number of esters is 2. The summed E-state index contributed by atoms with van der Waals surface area (Å²) < 4.78 is 63.5. The standard InChI is InChI=1S/C45H48F2O8/c1-27(5-7-33-25-52-33)17-19-50-29-9-15-37(41(46)23-29)43(48)54-31-11-13-35-36-14-12-32(22-40(36)45(3,4)39(35)21-31)55-44(49)38-16-10-30(24-42(38)47)51-20-18-28(2)6-8-34-26-53-34/h9-16,21-24,27-28,33-34H,5-8,17-20,25-26H2,1-4H3. The van der Waals surface area contributed by atoms with E-state index in [1.807, 2.05) is 26.0 Å². The Balaban J connectivity index is 0.939. The maximum Gasteiger partial charge on any atom is 0.346 e. The highest BCUT2D eigenvalue weighted by molar-refractivity contribution is 5.93. The summed E-state index contributed by atoms with van der Waals surface area (Å²) >= 11 is 0. The van der Waals surface area contributed by atoms with Gasteiger partial charge in [0.1, 0.15) is 34.6 Å². The molecule has 0 saturated carbocycles. The quantitative estimate of drug-likeness (QED) is 0.0563.